The van der Waals surface area contributed by atoms with Crippen LogP contribution in [0.5, 0.6) is 0 Å². The van der Waals surface area contributed by atoms with Gasteiger partial charge in [-0.05, 0) is 70.6 Å². The van der Waals surface area contributed by atoms with E-state index in [0.717, 1.165) is 32.0 Å². The number of amides is 2. The number of hydrogen-bond acceptors (Lipinski definition) is 4. The second-order valence-corrected chi connectivity index (χ2v) is 8.11. The third-order valence-electron chi connectivity index (χ3n) is 5.96. The average molecular weight is 439 g/mol. The number of carbonyl (C=O) groups excluding carboxylic acids is 3. The predicted molar refractivity (Wildman–Crippen MR) is 118 cm³/mol. The number of anilines is 1. The first-order chi connectivity index (χ1) is 15.1. The Labute approximate surface area is 186 Å². The minimum atomic E-state index is -0.692. The summed E-state index contributed by atoms with van der Waals surface area (Å²) >= 11 is 0. The molecule has 3 rings (SSSR count). The first-order valence-electron chi connectivity index (χ1n) is 10.3. The van der Waals surface area contributed by atoms with Crippen LogP contribution in [0.15, 0.2) is 18.2 Å². The molecular formula is C23H26FN5O3. The highest BCUT2D eigenvalue weighted by molar-refractivity contribution is 6.43. The zero-order valence-corrected chi connectivity index (χ0v) is 18.6. The number of ketones is 1. The van der Waals surface area contributed by atoms with Crippen molar-refractivity contribution in [2.45, 2.75) is 32.7 Å². The van der Waals surface area contributed by atoms with Crippen molar-refractivity contribution in [2.75, 3.05) is 25.5 Å². The molecule has 0 unspecified atom stereocenters. The standard InChI is InChI=1S/C23H26FN5O3/c1-13-19(22(31)27-16-6-7-17(24)18(12-16)25-3)14(2)29(5)20(13)21(30)23(32)26-15-8-10-28(4)11-9-15/h6-7,12,15H,8-11H2,1-2,4-5H3,(H,26,32)(H,27,31). The van der Waals surface area contributed by atoms with Crippen LogP contribution in [0.2, 0.25) is 0 Å². The summed E-state index contributed by atoms with van der Waals surface area (Å²) in [6, 6.07) is 3.66. The van der Waals surface area contributed by atoms with Gasteiger partial charge in [0.05, 0.1) is 17.8 Å². The molecule has 0 bridgehead atoms. The molecule has 1 aliphatic rings. The van der Waals surface area contributed by atoms with E-state index in [0.29, 0.717) is 11.3 Å². The maximum Gasteiger partial charge on any atom is 0.294 e. The van der Waals surface area contributed by atoms with Crippen molar-refractivity contribution >= 4 is 29.0 Å². The molecule has 9 heteroatoms. The van der Waals surface area contributed by atoms with Gasteiger partial charge in [-0.25, -0.2) is 9.24 Å². The zero-order chi connectivity index (χ0) is 23.6. The van der Waals surface area contributed by atoms with Crippen molar-refractivity contribution in [3.63, 3.8) is 0 Å². The maximum absolute atomic E-state index is 13.6. The number of benzene rings is 1. The molecule has 0 atom stereocenters. The topological polar surface area (TPSA) is 87.8 Å². The SMILES string of the molecule is [C-]#[N+]c1cc(NC(=O)c2c(C)c(C(=O)C(=O)NC3CCN(C)CC3)n(C)c2C)ccc1F. The molecule has 0 spiro atoms. The molecule has 1 saturated heterocycles. The average Bonchev–Trinajstić information content (AvgIpc) is 2.98. The summed E-state index contributed by atoms with van der Waals surface area (Å²) in [5, 5.41) is 5.46. The maximum atomic E-state index is 13.6. The lowest BCUT2D eigenvalue weighted by molar-refractivity contribution is -0.118. The third kappa shape index (κ3) is 4.55. The van der Waals surface area contributed by atoms with Crippen LogP contribution in [0.25, 0.3) is 4.85 Å². The van der Waals surface area contributed by atoms with E-state index in [1.165, 1.54) is 16.7 Å². The Morgan fingerprint density at radius 1 is 1.16 bits per heavy atom. The van der Waals surface area contributed by atoms with Crippen LogP contribution in [0, 0.1) is 26.2 Å². The van der Waals surface area contributed by atoms with Gasteiger partial charge in [0.25, 0.3) is 17.6 Å². The summed E-state index contributed by atoms with van der Waals surface area (Å²) in [5.74, 6) is -2.56. The van der Waals surface area contributed by atoms with Gasteiger partial charge in [0, 0.05) is 24.5 Å². The molecule has 1 aliphatic heterocycles. The number of aromatic nitrogens is 1. The Morgan fingerprint density at radius 2 is 1.81 bits per heavy atom. The van der Waals surface area contributed by atoms with Gasteiger partial charge in [0.2, 0.25) is 5.69 Å². The number of rotatable bonds is 5. The second-order valence-electron chi connectivity index (χ2n) is 8.11. The van der Waals surface area contributed by atoms with Gasteiger partial charge < -0.3 is 20.1 Å². The highest BCUT2D eigenvalue weighted by Crippen LogP contribution is 2.26. The van der Waals surface area contributed by atoms with E-state index in [9.17, 15) is 18.8 Å². The van der Waals surface area contributed by atoms with Crippen LogP contribution in [0.1, 0.15) is 44.9 Å². The van der Waals surface area contributed by atoms with Gasteiger partial charge in [0.1, 0.15) is 5.82 Å². The Bertz CT molecular complexity index is 1120. The Balaban J connectivity index is 1.81. The molecule has 0 aliphatic carbocycles. The highest BCUT2D eigenvalue weighted by atomic mass is 19.1. The molecule has 32 heavy (non-hydrogen) atoms. The normalized spacial score (nSPS) is 14.6. The summed E-state index contributed by atoms with van der Waals surface area (Å²) in [7, 11) is 3.64. The van der Waals surface area contributed by atoms with E-state index in [-0.39, 0.29) is 28.7 Å². The Morgan fingerprint density at radius 3 is 2.44 bits per heavy atom. The number of likely N-dealkylation sites (tertiary alicyclic amines) is 1. The first-order valence-corrected chi connectivity index (χ1v) is 10.3. The van der Waals surface area contributed by atoms with Gasteiger partial charge in [-0.3, -0.25) is 14.4 Å². The monoisotopic (exact) mass is 439 g/mol. The molecular weight excluding hydrogens is 413 g/mol. The van der Waals surface area contributed by atoms with Crippen LogP contribution >= 0.6 is 0 Å². The number of piperidine rings is 1. The second kappa shape index (κ2) is 9.32. The molecule has 2 amide bonds. The number of carbonyl (C=O) groups is 3. The number of Topliss-reactive ketones (excluding diaryl/α,β-unsaturated/α-hetero) is 1. The number of nitrogens with zero attached hydrogens (tertiary/aromatic N) is 3. The van der Waals surface area contributed by atoms with Gasteiger partial charge in [-0.1, -0.05) is 0 Å². The van der Waals surface area contributed by atoms with Crippen LogP contribution in [-0.2, 0) is 11.8 Å². The van der Waals surface area contributed by atoms with Crippen molar-refractivity contribution in [1.29, 1.82) is 0 Å². The van der Waals surface area contributed by atoms with E-state index >= 15 is 0 Å². The zero-order valence-electron chi connectivity index (χ0n) is 18.6. The van der Waals surface area contributed by atoms with Crippen LogP contribution in [0.3, 0.4) is 0 Å². The van der Waals surface area contributed by atoms with E-state index in [1.54, 1.807) is 20.9 Å². The lowest BCUT2D eigenvalue weighted by Gasteiger charge is -2.29. The van der Waals surface area contributed by atoms with E-state index in [1.807, 2.05) is 7.05 Å². The fourth-order valence-electron chi connectivity index (χ4n) is 4.02. The van der Waals surface area contributed by atoms with Crippen LogP contribution < -0.4 is 10.6 Å². The van der Waals surface area contributed by atoms with Gasteiger partial charge in [-0.15, -0.1) is 0 Å². The molecule has 2 N–H and O–H groups in total. The molecule has 1 fully saturated rings. The molecule has 1 aromatic carbocycles. The van der Waals surface area contributed by atoms with E-state index in [2.05, 4.69) is 20.4 Å². The van der Waals surface area contributed by atoms with Crippen molar-refractivity contribution < 1.29 is 18.8 Å². The largest absolute Gasteiger partial charge is 0.346 e. The van der Waals surface area contributed by atoms with Gasteiger partial charge in [0.15, 0.2) is 0 Å². The number of halogens is 1. The molecule has 0 radical (unpaired) electrons. The molecule has 1 aromatic heterocycles. The highest BCUT2D eigenvalue weighted by Gasteiger charge is 2.30. The fraction of sp³-hybridized carbons (Fsp3) is 0.391. The Hall–Kier alpha value is -3.51. The summed E-state index contributed by atoms with van der Waals surface area (Å²) in [4.78, 5) is 43.8. The summed E-state index contributed by atoms with van der Waals surface area (Å²) < 4.78 is 15.1. The molecule has 2 aromatic rings. The molecule has 0 saturated carbocycles. The number of nitrogens with one attached hydrogen (secondary N) is 2. The molecule has 168 valence electrons. The smallest absolute Gasteiger partial charge is 0.294 e. The van der Waals surface area contributed by atoms with Crippen molar-refractivity contribution in [1.82, 2.24) is 14.8 Å². The summed E-state index contributed by atoms with van der Waals surface area (Å²) in [6.45, 7) is 12.0. The van der Waals surface area contributed by atoms with Gasteiger partial charge >= 0.3 is 0 Å². The predicted octanol–water partition coefficient (Wildman–Crippen LogP) is 2.98. The van der Waals surface area contributed by atoms with Crippen LogP contribution in [-0.4, -0.2) is 53.2 Å². The van der Waals surface area contributed by atoms with Gasteiger partial charge in [-0.2, -0.15) is 0 Å². The third-order valence-corrected chi connectivity index (χ3v) is 5.96. The minimum Gasteiger partial charge on any atom is -0.346 e. The van der Waals surface area contributed by atoms with Crippen molar-refractivity contribution in [2.24, 2.45) is 7.05 Å². The summed E-state index contributed by atoms with van der Waals surface area (Å²) in [6.07, 6.45) is 1.55. The van der Waals surface area contributed by atoms with Crippen molar-refractivity contribution in [3.05, 3.63) is 57.9 Å². The lowest BCUT2D eigenvalue weighted by Crippen LogP contribution is -2.45. The van der Waals surface area contributed by atoms with Crippen molar-refractivity contribution in [3.8, 4) is 0 Å². The molecule has 2 heterocycles. The lowest BCUT2D eigenvalue weighted by atomic mass is 10.0. The van der Waals surface area contributed by atoms with E-state index in [4.69, 9.17) is 6.57 Å². The minimum absolute atomic E-state index is 0.0535. The molecule has 8 nitrogen and oxygen atoms in total. The summed E-state index contributed by atoms with van der Waals surface area (Å²) in [5.41, 5.74) is 1.38. The quantitative estimate of drug-likeness (QED) is 0.426. The first kappa shape index (κ1) is 23.2. The fourth-order valence-corrected chi connectivity index (χ4v) is 4.02. The number of hydrogen-bond donors (Lipinski definition) is 2. The van der Waals surface area contributed by atoms with Crippen LogP contribution in [0.4, 0.5) is 15.8 Å². The Kier molecular flexibility index (Phi) is 6.75. The van der Waals surface area contributed by atoms with E-state index < -0.39 is 23.4 Å².